The molecule has 0 radical (unpaired) electrons. The van der Waals surface area contributed by atoms with E-state index in [1.165, 1.54) is 0 Å². The summed E-state index contributed by atoms with van der Waals surface area (Å²) < 4.78 is 5.29. The summed E-state index contributed by atoms with van der Waals surface area (Å²) in [5, 5.41) is 3.49. The van der Waals surface area contributed by atoms with Crippen LogP contribution in [0.4, 0.5) is 0 Å². The minimum Gasteiger partial charge on any atom is -0.383 e. The van der Waals surface area contributed by atoms with Gasteiger partial charge in [0.25, 0.3) is 0 Å². The van der Waals surface area contributed by atoms with Crippen LogP contribution < -0.4 is 5.32 Å². The Bertz CT molecular complexity index is 180. The van der Waals surface area contributed by atoms with Crippen molar-refractivity contribution in [3.05, 3.63) is 0 Å². The molecule has 0 heterocycles. The van der Waals surface area contributed by atoms with Gasteiger partial charge in [0.1, 0.15) is 0 Å². The van der Waals surface area contributed by atoms with Crippen molar-refractivity contribution >= 4 is 0 Å². The van der Waals surface area contributed by atoms with Crippen LogP contribution in [0.25, 0.3) is 0 Å². The first kappa shape index (κ1) is 17.8. The molecule has 0 saturated carbocycles. The van der Waals surface area contributed by atoms with Crippen molar-refractivity contribution in [2.24, 2.45) is 5.92 Å². The van der Waals surface area contributed by atoms with Crippen LogP contribution in [0.5, 0.6) is 0 Å². The summed E-state index contributed by atoms with van der Waals surface area (Å²) in [6.07, 6.45) is 0. The molecule has 0 rings (SSSR count). The molecule has 110 valence electrons. The van der Waals surface area contributed by atoms with Gasteiger partial charge < -0.3 is 19.9 Å². The maximum Gasteiger partial charge on any atom is 0.0628 e. The Balaban J connectivity index is 4.24. The van der Waals surface area contributed by atoms with E-state index in [2.05, 4.69) is 50.0 Å². The maximum atomic E-state index is 5.29. The first-order valence-electron chi connectivity index (χ1n) is 7.09. The lowest BCUT2D eigenvalue weighted by atomic mass is 10.2. The van der Waals surface area contributed by atoms with Gasteiger partial charge in [0.15, 0.2) is 0 Å². The SMILES string of the molecule is CCNC(COC)CN(CCN(C)C)CC(C)C. The molecule has 0 aromatic carbocycles. The molecule has 1 N–H and O–H groups in total. The summed E-state index contributed by atoms with van der Waals surface area (Å²) in [6, 6.07) is 0.431. The number of ether oxygens (including phenoxy) is 1. The van der Waals surface area contributed by atoms with Gasteiger partial charge in [-0.05, 0) is 26.6 Å². The van der Waals surface area contributed by atoms with E-state index in [-0.39, 0.29) is 0 Å². The lowest BCUT2D eigenvalue weighted by Gasteiger charge is -2.30. The maximum absolute atomic E-state index is 5.29. The third-order valence-electron chi connectivity index (χ3n) is 2.83. The fourth-order valence-electron chi connectivity index (χ4n) is 2.09. The molecule has 4 heteroatoms. The number of hydrogen-bond donors (Lipinski definition) is 1. The molecule has 1 unspecified atom stereocenters. The molecule has 1 atom stereocenters. The molecule has 0 saturated heterocycles. The number of hydrogen-bond acceptors (Lipinski definition) is 4. The predicted octanol–water partition coefficient (Wildman–Crippen LogP) is 1.13. The molecule has 0 aliphatic heterocycles. The predicted molar refractivity (Wildman–Crippen MR) is 79.2 cm³/mol. The van der Waals surface area contributed by atoms with Gasteiger partial charge in [0.05, 0.1) is 6.61 Å². The van der Waals surface area contributed by atoms with E-state index in [0.717, 1.165) is 39.3 Å². The fourth-order valence-corrected chi connectivity index (χ4v) is 2.09. The Labute approximate surface area is 114 Å². The van der Waals surface area contributed by atoms with Crippen LogP contribution >= 0.6 is 0 Å². The van der Waals surface area contributed by atoms with Crippen LogP contribution in [0.15, 0.2) is 0 Å². The Morgan fingerprint density at radius 1 is 1.11 bits per heavy atom. The molecular formula is C14H33N3O. The molecule has 4 nitrogen and oxygen atoms in total. The zero-order valence-electron chi connectivity index (χ0n) is 13.2. The minimum atomic E-state index is 0.431. The van der Waals surface area contributed by atoms with E-state index in [0.29, 0.717) is 12.0 Å². The number of nitrogens with zero attached hydrogens (tertiary/aromatic N) is 2. The Morgan fingerprint density at radius 2 is 1.78 bits per heavy atom. The van der Waals surface area contributed by atoms with Gasteiger partial charge in [-0.15, -0.1) is 0 Å². The zero-order valence-corrected chi connectivity index (χ0v) is 13.2. The number of likely N-dealkylation sites (N-methyl/N-ethyl adjacent to an activating group) is 2. The van der Waals surface area contributed by atoms with Crippen molar-refractivity contribution in [1.29, 1.82) is 0 Å². The first-order valence-corrected chi connectivity index (χ1v) is 7.09. The van der Waals surface area contributed by atoms with Crippen LogP contribution in [-0.4, -0.2) is 76.4 Å². The molecule has 0 amide bonds. The van der Waals surface area contributed by atoms with E-state index in [9.17, 15) is 0 Å². The summed E-state index contributed by atoms with van der Waals surface area (Å²) in [5.41, 5.74) is 0. The van der Waals surface area contributed by atoms with Crippen LogP contribution in [0.3, 0.4) is 0 Å². The van der Waals surface area contributed by atoms with Crippen LogP contribution in [0.2, 0.25) is 0 Å². The average molecular weight is 259 g/mol. The zero-order chi connectivity index (χ0) is 14.0. The second-order valence-electron chi connectivity index (χ2n) is 5.67. The fraction of sp³-hybridized carbons (Fsp3) is 1.00. The topological polar surface area (TPSA) is 27.7 Å². The van der Waals surface area contributed by atoms with Gasteiger partial charge >= 0.3 is 0 Å². The van der Waals surface area contributed by atoms with Gasteiger partial charge in [-0.2, -0.15) is 0 Å². The van der Waals surface area contributed by atoms with E-state index < -0.39 is 0 Å². The molecule has 18 heavy (non-hydrogen) atoms. The molecular weight excluding hydrogens is 226 g/mol. The van der Waals surface area contributed by atoms with Gasteiger partial charge in [-0.25, -0.2) is 0 Å². The van der Waals surface area contributed by atoms with E-state index in [4.69, 9.17) is 4.74 Å². The molecule has 0 fully saturated rings. The Morgan fingerprint density at radius 3 is 2.22 bits per heavy atom. The van der Waals surface area contributed by atoms with Crippen LogP contribution in [0.1, 0.15) is 20.8 Å². The molecule has 0 spiro atoms. The molecule has 0 bridgehead atoms. The van der Waals surface area contributed by atoms with Gasteiger partial charge in [-0.3, -0.25) is 0 Å². The highest BCUT2D eigenvalue weighted by Gasteiger charge is 2.14. The second kappa shape index (κ2) is 10.7. The summed E-state index contributed by atoms with van der Waals surface area (Å²) in [5.74, 6) is 0.706. The highest BCUT2D eigenvalue weighted by molar-refractivity contribution is 4.73. The van der Waals surface area contributed by atoms with Crippen molar-refractivity contribution in [3.8, 4) is 0 Å². The largest absolute Gasteiger partial charge is 0.383 e. The highest BCUT2D eigenvalue weighted by atomic mass is 16.5. The molecule has 0 aromatic rings. The average Bonchev–Trinajstić information content (AvgIpc) is 2.25. The third kappa shape index (κ3) is 9.83. The van der Waals surface area contributed by atoms with Crippen molar-refractivity contribution in [1.82, 2.24) is 15.1 Å². The summed E-state index contributed by atoms with van der Waals surface area (Å²) in [7, 11) is 6.03. The lowest BCUT2D eigenvalue weighted by Crippen LogP contribution is -2.46. The van der Waals surface area contributed by atoms with Gasteiger partial charge in [0.2, 0.25) is 0 Å². The lowest BCUT2D eigenvalue weighted by molar-refractivity contribution is 0.129. The van der Waals surface area contributed by atoms with Crippen molar-refractivity contribution in [3.63, 3.8) is 0 Å². The molecule has 0 aliphatic rings. The van der Waals surface area contributed by atoms with Gasteiger partial charge in [-0.1, -0.05) is 20.8 Å². The standard InChI is InChI=1S/C14H33N3O/c1-7-15-14(12-18-6)11-17(10-13(2)3)9-8-16(4)5/h13-15H,7-12H2,1-6H3. The Hall–Kier alpha value is -0.160. The van der Waals surface area contributed by atoms with Crippen LogP contribution in [0, 0.1) is 5.92 Å². The van der Waals surface area contributed by atoms with Crippen molar-refractivity contribution in [2.45, 2.75) is 26.8 Å². The van der Waals surface area contributed by atoms with Crippen LogP contribution in [-0.2, 0) is 4.74 Å². The van der Waals surface area contributed by atoms with E-state index in [1.807, 2.05) is 0 Å². The monoisotopic (exact) mass is 259 g/mol. The summed E-state index contributed by atoms with van der Waals surface area (Å²) in [4.78, 5) is 4.78. The third-order valence-corrected chi connectivity index (χ3v) is 2.83. The van der Waals surface area contributed by atoms with E-state index >= 15 is 0 Å². The van der Waals surface area contributed by atoms with Crippen molar-refractivity contribution in [2.75, 3.05) is 60.5 Å². The summed E-state index contributed by atoms with van der Waals surface area (Å²) in [6.45, 7) is 12.9. The smallest absolute Gasteiger partial charge is 0.0628 e. The van der Waals surface area contributed by atoms with E-state index in [1.54, 1.807) is 7.11 Å². The number of methoxy groups -OCH3 is 1. The number of nitrogens with one attached hydrogen (secondary N) is 1. The minimum absolute atomic E-state index is 0.431. The number of rotatable bonds is 11. The Kier molecular flexibility index (Phi) is 10.6. The quantitative estimate of drug-likeness (QED) is 0.602. The normalized spacial score (nSPS) is 13.8. The molecule has 0 aliphatic carbocycles. The second-order valence-corrected chi connectivity index (χ2v) is 5.67. The van der Waals surface area contributed by atoms with Crippen molar-refractivity contribution < 1.29 is 4.74 Å². The highest BCUT2D eigenvalue weighted by Crippen LogP contribution is 2.01. The first-order chi connectivity index (χ1) is 8.49. The molecule has 0 aromatic heterocycles. The summed E-state index contributed by atoms with van der Waals surface area (Å²) >= 11 is 0. The van der Waals surface area contributed by atoms with Gasteiger partial charge in [0, 0.05) is 39.3 Å².